The maximum Gasteiger partial charge on any atom is 0.306 e. The summed E-state index contributed by atoms with van der Waals surface area (Å²) in [4.78, 5) is 38.3. The van der Waals surface area contributed by atoms with Crippen LogP contribution in [0.25, 0.3) is 0 Å². The summed E-state index contributed by atoms with van der Waals surface area (Å²) in [7, 11) is 0. The van der Waals surface area contributed by atoms with E-state index in [0.29, 0.717) is 19.3 Å². The van der Waals surface area contributed by atoms with Gasteiger partial charge in [-0.2, -0.15) is 0 Å². The Morgan fingerprint density at radius 3 is 0.803 bits per heavy atom. The second-order valence-electron chi connectivity index (χ2n) is 23.1. The van der Waals surface area contributed by atoms with Crippen LogP contribution in [0.1, 0.15) is 369 Å². The van der Waals surface area contributed by atoms with Gasteiger partial charge >= 0.3 is 17.9 Å². The first-order valence-electron chi connectivity index (χ1n) is 32.3. The molecule has 1 unspecified atom stereocenters. The standard InChI is InChI=1S/C65H126O6/c1-6-8-9-10-11-12-13-14-25-30-35-40-45-50-55-63(66)69-58-62(59-70-64(67)56-51-46-41-36-31-26-22-21-23-28-33-38-43-48-53-60(3)4)71-65(68)57-52-47-42-37-32-27-20-18-16-15-17-19-24-29-34-39-44-49-54-61(5)7-2/h60-62H,6-59H2,1-5H3/t61?,62-/m0/s1. The average Bonchev–Trinajstić information content (AvgIpc) is 3.36. The van der Waals surface area contributed by atoms with E-state index in [1.165, 1.54) is 257 Å². The van der Waals surface area contributed by atoms with Gasteiger partial charge in [0.25, 0.3) is 0 Å². The van der Waals surface area contributed by atoms with Crippen molar-refractivity contribution in [1.82, 2.24) is 0 Å². The van der Waals surface area contributed by atoms with Gasteiger partial charge in [0.1, 0.15) is 13.2 Å². The molecule has 422 valence electrons. The van der Waals surface area contributed by atoms with E-state index in [-0.39, 0.29) is 31.1 Å². The van der Waals surface area contributed by atoms with E-state index in [4.69, 9.17) is 14.2 Å². The van der Waals surface area contributed by atoms with Crippen LogP contribution in [0.2, 0.25) is 0 Å². The summed E-state index contributed by atoms with van der Waals surface area (Å²) >= 11 is 0. The van der Waals surface area contributed by atoms with Crippen molar-refractivity contribution in [2.45, 2.75) is 375 Å². The fourth-order valence-corrected chi connectivity index (χ4v) is 10.1. The molecule has 0 radical (unpaired) electrons. The monoisotopic (exact) mass is 1000 g/mol. The van der Waals surface area contributed by atoms with Crippen molar-refractivity contribution >= 4 is 17.9 Å². The molecule has 0 saturated heterocycles. The number of rotatable bonds is 59. The van der Waals surface area contributed by atoms with E-state index < -0.39 is 6.10 Å². The van der Waals surface area contributed by atoms with Crippen LogP contribution in [0.15, 0.2) is 0 Å². The number of ether oxygens (including phenoxy) is 3. The first-order chi connectivity index (χ1) is 34.8. The molecule has 0 aromatic rings. The lowest BCUT2D eigenvalue weighted by Crippen LogP contribution is -2.30. The van der Waals surface area contributed by atoms with Gasteiger partial charge in [-0.1, -0.05) is 330 Å². The average molecular weight is 1000 g/mol. The predicted octanol–water partition coefficient (Wildman–Crippen LogP) is 21.6. The third-order valence-corrected chi connectivity index (χ3v) is 15.3. The quantitative estimate of drug-likeness (QED) is 0.0343. The molecule has 0 rings (SSSR count). The second kappa shape index (κ2) is 57.7. The molecule has 0 amide bonds. The lowest BCUT2D eigenvalue weighted by molar-refractivity contribution is -0.167. The zero-order valence-corrected chi connectivity index (χ0v) is 48.9. The smallest absolute Gasteiger partial charge is 0.306 e. The summed E-state index contributed by atoms with van der Waals surface area (Å²) in [5, 5.41) is 0. The van der Waals surface area contributed by atoms with Gasteiger partial charge in [0.2, 0.25) is 0 Å². The summed E-state index contributed by atoms with van der Waals surface area (Å²) in [5.41, 5.74) is 0. The highest BCUT2D eigenvalue weighted by Gasteiger charge is 2.19. The molecule has 6 nitrogen and oxygen atoms in total. The van der Waals surface area contributed by atoms with Crippen molar-refractivity contribution in [2.24, 2.45) is 11.8 Å². The van der Waals surface area contributed by atoms with E-state index in [2.05, 4.69) is 34.6 Å². The Labute approximate surface area is 444 Å². The fraction of sp³-hybridized carbons (Fsp3) is 0.954. The molecular formula is C65H126O6. The van der Waals surface area contributed by atoms with Gasteiger partial charge in [0.05, 0.1) is 0 Å². The highest BCUT2D eigenvalue weighted by Crippen LogP contribution is 2.19. The first-order valence-corrected chi connectivity index (χ1v) is 32.3. The topological polar surface area (TPSA) is 78.9 Å². The molecule has 71 heavy (non-hydrogen) atoms. The van der Waals surface area contributed by atoms with Gasteiger partial charge in [-0.3, -0.25) is 14.4 Å². The van der Waals surface area contributed by atoms with Crippen LogP contribution < -0.4 is 0 Å². The summed E-state index contributed by atoms with van der Waals surface area (Å²) in [5.74, 6) is 0.923. The van der Waals surface area contributed by atoms with Gasteiger partial charge in [0.15, 0.2) is 6.10 Å². The molecule has 0 heterocycles. The molecule has 2 atom stereocenters. The van der Waals surface area contributed by atoms with Crippen LogP contribution in [0.3, 0.4) is 0 Å². The third kappa shape index (κ3) is 57.5. The minimum atomic E-state index is -0.763. The highest BCUT2D eigenvalue weighted by atomic mass is 16.6. The Morgan fingerprint density at radius 2 is 0.535 bits per heavy atom. The Kier molecular flexibility index (Phi) is 56.4. The van der Waals surface area contributed by atoms with Crippen LogP contribution in [0, 0.1) is 11.8 Å². The van der Waals surface area contributed by atoms with Crippen molar-refractivity contribution in [3.63, 3.8) is 0 Å². The van der Waals surface area contributed by atoms with Crippen molar-refractivity contribution in [3.05, 3.63) is 0 Å². The molecule has 0 aromatic heterocycles. The highest BCUT2D eigenvalue weighted by molar-refractivity contribution is 5.71. The second-order valence-corrected chi connectivity index (χ2v) is 23.1. The van der Waals surface area contributed by atoms with Crippen molar-refractivity contribution < 1.29 is 28.6 Å². The van der Waals surface area contributed by atoms with Gasteiger partial charge in [-0.15, -0.1) is 0 Å². The largest absolute Gasteiger partial charge is 0.462 e. The summed E-state index contributed by atoms with van der Waals surface area (Å²) in [6.07, 6.45) is 63.8. The minimum absolute atomic E-state index is 0.0618. The van der Waals surface area contributed by atoms with E-state index in [1.807, 2.05) is 0 Å². The Morgan fingerprint density at radius 1 is 0.296 bits per heavy atom. The Bertz CT molecular complexity index is 1090. The maximum absolute atomic E-state index is 12.9. The molecule has 0 bridgehead atoms. The van der Waals surface area contributed by atoms with Crippen LogP contribution >= 0.6 is 0 Å². The van der Waals surface area contributed by atoms with Crippen LogP contribution in [0.5, 0.6) is 0 Å². The number of carbonyl (C=O) groups excluding carboxylic acids is 3. The number of carbonyl (C=O) groups is 3. The molecule has 0 aliphatic carbocycles. The van der Waals surface area contributed by atoms with Crippen LogP contribution in [0.4, 0.5) is 0 Å². The lowest BCUT2D eigenvalue weighted by Gasteiger charge is -2.18. The number of hydrogen-bond donors (Lipinski definition) is 0. The molecule has 0 aromatic carbocycles. The maximum atomic E-state index is 12.9. The van der Waals surface area contributed by atoms with E-state index in [1.54, 1.807) is 0 Å². The van der Waals surface area contributed by atoms with Crippen LogP contribution in [-0.4, -0.2) is 37.2 Å². The van der Waals surface area contributed by atoms with Gasteiger partial charge < -0.3 is 14.2 Å². The lowest BCUT2D eigenvalue weighted by atomic mass is 9.99. The van der Waals surface area contributed by atoms with Crippen molar-refractivity contribution in [3.8, 4) is 0 Å². The molecule has 6 heteroatoms. The zero-order chi connectivity index (χ0) is 51.8. The summed E-state index contributed by atoms with van der Waals surface area (Å²) < 4.78 is 17.0. The van der Waals surface area contributed by atoms with Crippen LogP contribution in [-0.2, 0) is 28.6 Å². The van der Waals surface area contributed by atoms with Crippen molar-refractivity contribution in [2.75, 3.05) is 13.2 Å². The molecule has 0 aliphatic heterocycles. The number of hydrogen-bond acceptors (Lipinski definition) is 6. The minimum Gasteiger partial charge on any atom is -0.462 e. The predicted molar refractivity (Wildman–Crippen MR) is 307 cm³/mol. The zero-order valence-electron chi connectivity index (χ0n) is 48.9. The third-order valence-electron chi connectivity index (χ3n) is 15.3. The molecular weight excluding hydrogens is 877 g/mol. The number of esters is 3. The Hall–Kier alpha value is -1.59. The van der Waals surface area contributed by atoms with Gasteiger partial charge in [0, 0.05) is 19.3 Å². The summed E-state index contributed by atoms with van der Waals surface area (Å²) in [6.45, 7) is 11.5. The Balaban J connectivity index is 4.26. The van der Waals surface area contributed by atoms with E-state index in [0.717, 1.165) is 69.6 Å². The summed E-state index contributed by atoms with van der Waals surface area (Å²) in [6, 6.07) is 0. The fourth-order valence-electron chi connectivity index (χ4n) is 10.1. The molecule has 0 N–H and O–H groups in total. The van der Waals surface area contributed by atoms with Gasteiger partial charge in [-0.05, 0) is 31.1 Å². The first kappa shape index (κ1) is 69.4. The van der Waals surface area contributed by atoms with Gasteiger partial charge in [-0.25, -0.2) is 0 Å². The molecule has 0 saturated carbocycles. The van der Waals surface area contributed by atoms with Crippen molar-refractivity contribution in [1.29, 1.82) is 0 Å². The molecule has 0 fully saturated rings. The molecule has 0 aliphatic rings. The molecule has 0 spiro atoms. The van der Waals surface area contributed by atoms with E-state index >= 15 is 0 Å². The SMILES string of the molecule is CCCCCCCCCCCCCCCCC(=O)OC[C@@H](COC(=O)CCCCCCCCCCCCCCCCC(C)C)OC(=O)CCCCCCCCCCCCCCCCCCCCC(C)CC. The van der Waals surface area contributed by atoms with E-state index in [9.17, 15) is 14.4 Å². The number of unbranched alkanes of at least 4 members (excludes halogenated alkanes) is 43. The normalized spacial score (nSPS) is 12.4.